The Kier molecular flexibility index (Phi) is 4.16. The first-order chi connectivity index (χ1) is 11.8. The molecule has 0 bridgehead atoms. The highest BCUT2D eigenvalue weighted by molar-refractivity contribution is 5.73. The van der Waals surface area contributed by atoms with Crippen LogP contribution < -0.4 is 10.6 Å². The van der Waals surface area contributed by atoms with Crippen LogP contribution in [0.4, 0.5) is 4.79 Å². The number of hydrogen-bond donors (Lipinski definition) is 2. The molecule has 128 valence electrons. The van der Waals surface area contributed by atoms with Crippen LogP contribution in [0.3, 0.4) is 0 Å². The van der Waals surface area contributed by atoms with E-state index in [4.69, 9.17) is 13.8 Å². The molecule has 1 aliphatic carbocycles. The smallest absolute Gasteiger partial charge is 0.315 e. The first-order valence-electron chi connectivity index (χ1n) is 8.21. The summed E-state index contributed by atoms with van der Waals surface area (Å²) < 4.78 is 15.8. The largest absolute Gasteiger partial charge is 0.376 e. The van der Waals surface area contributed by atoms with E-state index < -0.39 is 0 Å². The summed E-state index contributed by atoms with van der Waals surface area (Å²) in [6.07, 6.45) is 4.41. The van der Waals surface area contributed by atoms with Crippen molar-refractivity contribution in [1.82, 2.24) is 25.9 Å². The van der Waals surface area contributed by atoms with Crippen molar-refractivity contribution in [1.29, 1.82) is 0 Å². The molecule has 2 N–H and O–H groups in total. The van der Waals surface area contributed by atoms with E-state index in [9.17, 15) is 4.79 Å². The Labute approximate surface area is 138 Å². The summed E-state index contributed by atoms with van der Waals surface area (Å²) >= 11 is 0. The Bertz CT molecular complexity index is 702. The van der Waals surface area contributed by atoms with Gasteiger partial charge in [0.2, 0.25) is 11.7 Å². The fraction of sp³-hybridized carbons (Fsp3) is 0.600. The Balaban J connectivity index is 1.26. The van der Waals surface area contributed by atoms with Crippen LogP contribution >= 0.6 is 0 Å². The molecule has 0 spiro atoms. The minimum Gasteiger partial charge on any atom is -0.376 e. The lowest BCUT2D eigenvalue weighted by molar-refractivity contribution is 0.111. The Morgan fingerprint density at radius 3 is 2.92 bits per heavy atom. The van der Waals surface area contributed by atoms with Crippen LogP contribution in [-0.2, 0) is 11.3 Å². The zero-order chi connectivity index (χ0) is 16.4. The molecule has 2 aromatic rings. The number of urea groups is 1. The maximum absolute atomic E-state index is 11.7. The van der Waals surface area contributed by atoms with E-state index in [0.717, 1.165) is 38.1 Å². The second kappa shape index (κ2) is 6.60. The highest BCUT2D eigenvalue weighted by Gasteiger charge is 2.28. The Morgan fingerprint density at radius 1 is 1.21 bits per heavy atom. The highest BCUT2D eigenvalue weighted by Crippen LogP contribution is 2.40. The van der Waals surface area contributed by atoms with Crippen LogP contribution in [0.5, 0.6) is 0 Å². The fourth-order valence-corrected chi connectivity index (χ4v) is 2.62. The van der Waals surface area contributed by atoms with Gasteiger partial charge in [0.05, 0.1) is 12.6 Å². The molecule has 4 rings (SSSR count). The van der Waals surface area contributed by atoms with E-state index in [1.54, 1.807) is 0 Å². The molecule has 2 aromatic heterocycles. The summed E-state index contributed by atoms with van der Waals surface area (Å²) in [5, 5.41) is 13.3. The molecule has 0 aromatic carbocycles. The minimum atomic E-state index is -0.289. The predicted octanol–water partition coefficient (Wildman–Crippen LogP) is 1.58. The third-order valence-corrected chi connectivity index (χ3v) is 4.12. The van der Waals surface area contributed by atoms with Crippen LogP contribution in [0.25, 0.3) is 11.5 Å². The molecule has 2 aliphatic rings. The lowest BCUT2D eigenvalue weighted by Crippen LogP contribution is -2.39. The van der Waals surface area contributed by atoms with Gasteiger partial charge in [-0.15, -0.1) is 0 Å². The molecular formula is C15H19N5O4. The van der Waals surface area contributed by atoms with Gasteiger partial charge in [-0.1, -0.05) is 10.3 Å². The molecule has 2 fully saturated rings. The molecule has 9 nitrogen and oxygen atoms in total. The average Bonchev–Trinajstić information content (AvgIpc) is 3.03. The van der Waals surface area contributed by atoms with Crippen LogP contribution in [0.15, 0.2) is 15.1 Å². The maximum atomic E-state index is 11.7. The molecule has 3 heterocycles. The van der Waals surface area contributed by atoms with Crippen LogP contribution in [0.1, 0.15) is 43.3 Å². The number of aromatic nitrogens is 3. The van der Waals surface area contributed by atoms with Crippen molar-refractivity contribution >= 4 is 6.03 Å². The number of ether oxygens (including phenoxy) is 1. The predicted molar refractivity (Wildman–Crippen MR) is 81.0 cm³/mol. The zero-order valence-corrected chi connectivity index (χ0v) is 13.2. The van der Waals surface area contributed by atoms with Crippen molar-refractivity contribution in [3.63, 3.8) is 0 Å². The van der Waals surface area contributed by atoms with Gasteiger partial charge in [0.1, 0.15) is 5.76 Å². The Hall–Kier alpha value is -2.42. The molecule has 1 aliphatic heterocycles. The quantitative estimate of drug-likeness (QED) is 0.824. The van der Waals surface area contributed by atoms with Crippen molar-refractivity contribution in [3.05, 3.63) is 17.7 Å². The summed E-state index contributed by atoms with van der Waals surface area (Å²) in [7, 11) is 0. The third kappa shape index (κ3) is 3.56. The second-order valence-electron chi connectivity index (χ2n) is 6.10. The molecular weight excluding hydrogens is 314 g/mol. The van der Waals surface area contributed by atoms with Gasteiger partial charge in [-0.3, -0.25) is 0 Å². The van der Waals surface area contributed by atoms with E-state index in [0.29, 0.717) is 29.9 Å². The average molecular weight is 333 g/mol. The van der Waals surface area contributed by atoms with Gasteiger partial charge in [0, 0.05) is 25.1 Å². The van der Waals surface area contributed by atoms with Crippen LogP contribution in [0, 0.1) is 0 Å². The van der Waals surface area contributed by atoms with E-state index in [1.165, 1.54) is 0 Å². The van der Waals surface area contributed by atoms with Crippen molar-refractivity contribution in [2.75, 3.05) is 13.2 Å². The van der Waals surface area contributed by atoms with Crippen LogP contribution in [0.2, 0.25) is 0 Å². The first-order valence-corrected chi connectivity index (χ1v) is 8.21. The fourth-order valence-electron chi connectivity index (χ4n) is 2.62. The molecule has 1 saturated heterocycles. The molecule has 9 heteroatoms. The molecule has 1 saturated carbocycles. The summed E-state index contributed by atoms with van der Waals surface area (Å²) in [4.78, 5) is 16.0. The number of carbonyl (C=O) groups excluding carboxylic acids is 1. The summed E-state index contributed by atoms with van der Waals surface area (Å²) in [5.41, 5.74) is 0.551. The molecule has 1 atom stereocenters. The molecule has 0 radical (unpaired) electrons. The topological polar surface area (TPSA) is 115 Å². The van der Waals surface area contributed by atoms with Gasteiger partial charge in [-0.2, -0.15) is 4.98 Å². The number of hydrogen-bond acceptors (Lipinski definition) is 7. The summed E-state index contributed by atoms with van der Waals surface area (Å²) in [6, 6.07) is 1.55. The van der Waals surface area contributed by atoms with E-state index >= 15 is 0 Å². The number of amides is 2. The minimum absolute atomic E-state index is 0.110. The second-order valence-corrected chi connectivity index (χ2v) is 6.10. The van der Waals surface area contributed by atoms with Gasteiger partial charge < -0.3 is 24.4 Å². The van der Waals surface area contributed by atoms with Gasteiger partial charge >= 0.3 is 6.03 Å². The van der Waals surface area contributed by atoms with Gasteiger partial charge in [0.15, 0.2) is 5.69 Å². The SMILES string of the molecule is O=C(NCc1nc(-c2cc(C3CC3)on2)no1)NCC1CCCO1. The first kappa shape index (κ1) is 15.1. The molecule has 24 heavy (non-hydrogen) atoms. The number of rotatable bonds is 6. The van der Waals surface area contributed by atoms with Crippen molar-refractivity contribution < 1.29 is 18.6 Å². The van der Waals surface area contributed by atoms with E-state index in [2.05, 4.69) is 25.9 Å². The van der Waals surface area contributed by atoms with Gasteiger partial charge in [0.25, 0.3) is 0 Å². The highest BCUT2D eigenvalue weighted by atomic mass is 16.5. The molecule has 1 unspecified atom stereocenters. The zero-order valence-electron chi connectivity index (χ0n) is 13.2. The van der Waals surface area contributed by atoms with Crippen LogP contribution in [-0.4, -0.2) is 40.6 Å². The Morgan fingerprint density at radius 2 is 2.12 bits per heavy atom. The number of nitrogens with zero attached hydrogens (tertiary/aromatic N) is 3. The molecule has 2 amide bonds. The summed E-state index contributed by atoms with van der Waals surface area (Å²) in [5.74, 6) is 2.02. The van der Waals surface area contributed by atoms with E-state index in [1.807, 2.05) is 6.07 Å². The third-order valence-electron chi connectivity index (χ3n) is 4.12. The summed E-state index contributed by atoms with van der Waals surface area (Å²) in [6.45, 7) is 1.42. The lowest BCUT2D eigenvalue weighted by Gasteiger charge is -2.10. The van der Waals surface area contributed by atoms with Gasteiger partial charge in [-0.05, 0) is 25.7 Å². The standard InChI is InChI=1S/C15H19N5O4/c21-15(16-7-10-2-1-5-22-10)17-8-13-18-14(20-24-13)11-6-12(23-19-11)9-3-4-9/h6,9-10H,1-5,7-8H2,(H2,16,17,21). The van der Waals surface area contributed by atoms with E-state index in [-0.39, 0.29) is 18.7 Å². The van der Waals surface area contributed by atoms with Crippen molar-refractivity contribution in [2.24, 2.45) is 0 Å². The lowest BCUT2D eigenvalue weighted by atomic mass is 10.2. The number of nitrogens with one attached hydrogen (secondary N) is 2. The maximum Gasteiger partial charge on any atom is 0.315 e. The van der Waals surface area contributed by atoms with Crippen molar-refractivity contribution in [2.45, 2.75) is 44.2 Å². The number of carbonyl (C=O) groups is 1. The monoisotopic (exact) mass is 333 g/mol. The van der Waals surface area contributed by atoms with Crippen molar-refractivity contribution in [3.8, 4) is 11.5 Å². The normalized spacial score (nSPS) is 20.2. The van der Waals surface area contributed by atoms with Gasteiger partial charge in [-0.25, -0.2) is 4.79 Å².